The van der Waals surface area contributed by atoms with Crippen LogP contribution < -0.4 is 13.8 Å². The molecular weight excluding hydrogens is 344 g/mol. The van der Waals surface area contributed by atoms with Crippen LogP contribution in [0.5, 0.6) is 11.6 Å². The summed E-state index contributed by atoms with van der Waals surface area (Å²) in [7, 11) is -4.05. The highest BCUT2D eigenvalue weighted by Gasteiger charge is 2.36. The van der Waals surface area contributed by atoms with Gasteiger partial charge in [-0.1, -0.05) is 0 Å². The van der Waals surface area contributed by atoms with Gasteiger partial charge in [0.05, 0.1) is 25.0 Å². The van der Waals surface area contributed by atoms with Crippen molar-refractivity contribution in [2.24, 2.45) is 0 Å². The Hall–Kier alpha value is -2.36. The number of benzene rings is 1. The van der Waals surface area contributed by atoms with Crippen molar-refractivity contribution in [3.8, 4) is 11.6 Å². The number of sulfonamides is 1. The monoisotopic (exact) mass is 357 g/mol. The number of nitrogens with zero attached hydrogens (tertiary/aromatic N) is 3. The molecule has 0 atom stereocenters. The summed E-state index contributed by atoms with van der Waals surface area (Å²) in [6, 6.07) is 2.05. The summed E-state index contributed by atoms with van der Waals surface area (Å²) >= 11 is 0. The Bertz CT molecular complexity index is 913. The molecule has 4 rings (SSSR count). The van der Waals surface area contributed by atoms with E-state index >= 15 is 0 Å². The van der Waals surface area contributed by atoms with Gasteiger partial charge in [-0.05, 0) is 12.1 Å². The van der Waals surface area contributed by atoms with Crippen LogP contribution in [0, 0.1) is 11.6 Å². The summed E-state index contributed by atoms with van der Waals surface area (Å²) in [5.41, 5.74) is -0.0455. The molecule has 0 saturated carbocycles. The van der Waals surface area contributed by atoms with Crippen molar-refractivity contribution >= 4 is 15.7 Å². The summed E-state index contributed by atoms with van der Waals surface area (Å²) < 4.78 is 66.3. The van der Waals surface area contributed by atoms with E-state index in [-0.39, 0.29) is 29.6 Å². The van der Waals surface area contributed by atoms with Crippen LogP contribution in [0.25, 0.3) is 0 Å². The van der Waals surface area contributed by atoms with Gasteiger partial charge < -0.3 is 9.47 Å². The van der Waals surface area contributed by atoms with E-state index in [1.54, 1.807) is 0 Å². The molecule has 2 aromatic rings. The number of anilines is 1. The third kappa shape index (κ3) is 2.13. The van der Waals surface area contributed by atoms with E-state index in [1.807, 2.05) is 0 Å². The standard InChI is InChI=1S/C14H13F2N3O4S/c15-9-2-3-10-13(12(9)16)22-7-5-19(10)24(20,21)11-8-17-18-4-1-6-23-14(11)18/h2-3,8H,1,4-7H2. The summed E-state index contributed by atoms with van der Waals surface area (Å²) in [4.78, 5) is -0.0974. The maximum Gasteiger partial charge on any atom is 0.271 e. The van der Waals surface area contributed by atoms with Crippen LogP contribution in [0.3, 0.4) is 0 Å². The highest BCUT2D eigenvalue weighted by atomic mass is 32.2. The highest BCUT2D eigenvalue weighted by molar-refractivity contribution is 7.93. The first-order chi connectivity index (χ1) is 11.5. The molecule has 0 N–H and O–H groups in total. The maximum atomic E-state index is 13.9. The lowest BCUT2D eigenvalue weighted by molar-refractivity contribution is 0.224. The van der Waals surface area contributed by atoms with Gasteiger partial charge >= 0.3 is 0 Å². The van der Waals surface area contributed by atoms with Crippen LogP contribution in [-0.2, 0) is 16.6 Å². The van der Waals surface area contributed by atoms with E-state index in [0.717, 1.165) is 16.8 Å². The van der Waals surface area contributed by atoms with Crippen molar-refractivity contribution in [3.05, 3.63) is 30.0 Å². The molecule has 0 unspecified atom stereocenters. The van der Waals surface area contributed by atoms with E-state index in [2.05, 4.69) is 5.10 Å². The van der Waals surface area contributed by atoms with Crippen molar-refractivity contribution in [3.63, 3.8) is 0 Å². The fourth-order valence-corrected chi connectivity index (χ4v) is 4.32. The van der Waals surface area contributed by atoms with E-state index in [9.17, 15) is 17.2 Å². The first kappa shape index (κ1) is 15.2. The fourth-order valence-electron chi connectivity index (χ4n) is 2.80. The molecule has 24 heavy (non-hydrogen) atoms. The Labute approximate surface area is 136 Å². The van der Waals surface area contributed by atoms with Gasteiger partial charge in [-0.15, -0.1) is 0 Å². The number of rotatable bonds is 2. The Morgan fingerprint density at radius 1 is 1.12 bits per heavy atom. The third-order valence-corrected chi connectivity index (χ3v) is 5.71. The topological polar surface area (TPSA) is 73.7 Å². The van der Waals surface area contributed by atoms with E-state index in [0.29, 0.717) is 13.2 Å². The average Bonchev–Trinajstić information content (AvgIpc) is 3.02. The second-order valence-corrected chi connectivity index (χ2v) is 7.21. The summed E-state index contributed by atoms with van der Waals surface area (Å²) in [5, 5.41) is 4.03. The van der Waals surface area contributed by atoms with E-state index in [1.165, 1.54) is 16.9 Å². The van der Waals surface area contributed by atoms with Gasteiger partial charge in [-0.2, -0.15) is 9.49 Å². The molecule has 2 aliphatic rings. The second-order valence-electron chi connectivity index (χ2n) is 5.37. The number of hydrogen-bond donors (Lipinski definition) is 0. The first-order valence-electron chi connectivity index (χ1n) is 7.32. The number of ether oxygens (including phenoxy) is 2. The van der Waals surface area contributed by atoms with Crippen LogP contribution in [0.2, 0.25) is 0 Å². The van der Waals surface area contributed by atoms with Crippen molar-refractivity contribution in [1.82, 2.24) is 9.78 Å². The Kier molecular flexibility index (Phi) is 3.37. The molecule has 2 aliphatic heterocycles. The predicted octanol–water partition coefficient (Wildman–Crippen LogP) is 1.53. The summed E-state index contributed by atoms with van der Waals surface area (Å²) in [5.74, 6) is -2.55. The average molecular weight is 357 g/mol. The summed E-state index contributed by atoms with van der Waals surface area (Å²) in [6.45, 7) is 0.847. The lowest BCUT2D eigenvalue weighted by Crippen LogP contribution is -2.38. The van der Waals surface area contributed by atoms with Gasteiger partial charge in [0.1, 0.15) is 6.61 Å². The zero-order valence-corrected chi connectivity index (χ0v) is 13.2. The Morgan fingerprint density at radius 2 is 1.96 bits per heavy atom. The van der Waals surface area contributed by atoms with Crippen LogP contribution in [-0.4, -0.2) is 38.0 Å². The molecule has 0 spiro atoms. The predicted molar refractivity (Wildman–Crippen MR) is 78.7 cm³/mol. The van der Waals surface area contributed by atoms with Gasteiger partial charge in [0, 0.05) is 13.0 Å². The smallest absolute Gasteiger partial charge is 0.271 e. The molecule has 0 bridgehead atoms. The molecule has 10 heteroatoms. The SMILES string of the molecule is O=S(=O)(c1cnn2c1OCCC2)N1CCOc2c1ccc(F)c2F. The molecular formula is C14H13F2N3O4S. The minimum absolute atomic E-state index is 0.0228. The van der Waals surface area contributed by atoms with Gasteiger partial charge in [0.2, 0.25) is 11.7 Å². The Balaban J connectivity index is 1.83. The van der Waals surface area contributed by atoms with Crippen LogP contribution in [0.1, 0.15) is 6.42 Å². The quantitative estimate of drug-likeness (QED) is 0.815. The minimum atomic E-state index is -4.05. The molecule has 3 heterocycles. The molecule has 1 aromatic heterocycles. The molecule has 128 valence electrons. The van der Waals surface area contributed by atoms with Crippen LogP contribution >= 0.6 is 0 Å². The molecule has 0 saturated heterocycles. The fraction of sp³-hybridized carbons (Fsp3) is 0.357. The number of aromatic nitrogens is 2. The second kappa shape index (κ2) is 5.33. The van der Waals surface area contributed by atoms with Gasteiger partial charge in [-0.3, -0.25) is 4.31 Å². The normalized spacial score (nSPS) is 16.8. The molecule has 0 aliphatic carbocycles. The van der Waals surface area contributed by atoms with Crippen molar-refractivity contribution < 1.29 is 26.7 Å². The number of hydrogen-bond acceptors (Lipinski definition) is 5. The van der Waals surface area contributed by atoms with Crippen LogP contribution in [0.15, 0.2) is 23.2 Å². The zero-order valence-electron chi connectivity index (χ0n) is 12.4. The van der Waals surface area contributed by atoms with E-state index < -0.39 is 27.4 Å². The van der Waals surface area contributed by atoms with Gasteiger partial charge in [-0.25, -0.2) is 17.5 Å². The number of aryl methyl sites for hydroxylation is 1. The van der Waals surface area contributed by atoms with Gasteiger partial charge in [0.15, 0.2) is 16.5 Å². The number of fused-ring (bicyclic) bond motifs is 2. The van der Waals surface area contributed by atoms with Crippen molar-refractivity contribution in [2.75, 3.05) is 24.1 Å². The third-order valence-electron chi connectivity index (χ3n) is 3.92. The maximum absolute atomic E-state index is 13.9. The molecule has 1 aromatic carbocycles. The van der Waals surface area contributed by atoms with Crippen molar-refractivity contribution in [1.29, 1.82) is 0 Å². The zero-order chi connectivity index (χ0) is 16.9. The molecule has 0 amide bonds. The van der Waals surface area contributed by atoms with Crippen LogP contribution in [0.4, 0.5) is 14.5 Å². The highest BCUT2D eigenvalue weighted by Crippen LogP contribution is 2.40. The van der Waals surface area contributed by atoms with Crippen molar-refractivity contribution in [2.45, 2.75) is 17.9 Å². The lowest BCUT2D eigenvalue weighted by Gasteiger charge is -2.30. The minimum Gasteiger partial charge on any atom is -0.486 e. The van der Waals surface area contributed by atoms with Gasteiger partial charge in [0.25, 0.3) is 10.0 Å². The molecule has 7 nitrogen and oxygen atoms in total. The number of halogens is 2. The lowest BCUT2D eigenvalue weighted by atomic mass is 10.2. The molecule has 0 fully saturated rings. The first-order valence-corrected chi connectivity index (χ1v) is 8.76. The largest absolute Gasteiger partial charge is 0.486 e. The molecule has 0 radical (unpaired) electrons. The Morgan fingerprint density at radius 3 is 2.79 bits per heavy atom. The van der Waals surface area contributed by atoms with E-state index in [4.69, 9.17) is 9.47 Å². The summed E-state index contributed by atoms with van der Waals surface area (Å²) in [6.07, 6.45) is 1.95.